The van der Waals surface area contributed by atoms with Gasteiger partial charge in [0.2, 0.25) is 0 Å². The molecule has 0 fully saturated rings. The van der Waals surface area contributed by atoms with E-state index in [1.807, 2.05) is 25.1 Å². The first-order chi connectivity index (χ1) is 9.08. The van der Waals surface area contributed by atoms with Gasteiger partial charge in [0.25, 0.3) is 0 Å². The monoisotopic (exact) mass is 274 g/mol. The van der Waals surface area contributed by atoms with Crippen molar-refractivity contribution in [3.63, 3.8) is 0 Å². The molecule has 0 amide bonds. The summed E-state index contributed by atoms with van der Waals surface area (Å²) in [4.78, 5) is 12.4. The van der Waals surface area contributed by atoms with Gasteiger partial charge in [0, 0.05) is 24.9 Å². The van der Waals surface area contributed by atoms with Gasteiger partial charge in [0.05, 0.1) is 5.69 Å². The first-order valence-corrected chi connectivity index (χ1v) is 6.74. The highest BCUT2D eigenvalue weighted by molar-refractivity contribution is 6.30. The largest absolute Gasteiger partial charge is 0.299 e. The average molecular weight is 275 g/mol. The lowest BCUT2D eigenvalue weighted by atomic mass is 9.74. The number of ketones is 1. The van der Waals surface area contributed by atoms with E-state index in [9.17, 15) is 4.79 Å². The Kier molecular flexibility index (Phi) is 2.94. The fraction of sp³-hybridized carbons (Fsp3) is 0.333. The lowest BCUT2D eigenvalue weighted by molar-refractivity contribution is -0.120. The van der Waals surface area contributed by atoms with E-state index in [0.29, 0.717) is 11.6 Å². The predicted molar refractivity (Wildman–Crippen MR) is 74.6 cm³/mol. The van der Waals surface area contributed by atoms with E-state index in [1.54, 1.807) is 11.7 Å². The summed E-state index contributed by atoms with van der Waals surface area (Å²) >= 11 is 6.17. The van der Waals surface area contributed by atoms with Crippen molar-refractivity contribution >= 4 is 17.4 Å². The molecule has 0 spiro atoms. The molecular weight excluding hydrogens is 260 g/mol. The minimum absolute atomic E-state index is 0.0341. The smallest absolute Gasteiger partial charge is 0.145 e. The second-order valence-electron chi connectivity index (χ2n) is 5.08. The van der Waals surface area contributed by atoms with Crippen molar-refractivity contribution in [2.45, 2.75) is 25.7 Å². The van der Waals surface area contributed by atoms with Gasteiger partial charge >= 0.3 is 0 Å². The molecule has 0 bridgehead atoms. The summed E-state index contributed by atoms with van der Waals surface area (Å²) in [6, 6.07) is 8.13. The molecule has 4 heteroatoms. The van der Waals surface area contributed by atoms with E-state index in [-0.39, 0.29) is 11.7 Å². The molecule has 0 aliphatic heterocycles. The zero-order valence-electron chi connectivity index (χ0n) is 11.0. The third-order valence-electron chi connectivity index (χ3n) is 3.86. The Hall–Kier alpha value is -1.61. The summed E-state index contributed by atoms with van der Waals surface area (Å²) in [6.07, 6.45) is 1.23. The molecule has 1 unspecified atom stereocenters. The first kappa shape index (κ1) is 12.4. The highest BCUT2D eigenvalue weighted by Crippen LogP contribution is 2.36. The van der Waals surface area contributed by atoms with Crippen LogP contribution in [-0.4, -0.2) is 15.6 Å². The Labute approximate surface area is 117 Å². The number of fused-ring (bicyclic) bond motifs is 1. The number of Topliss-reactive ketones (excluding diaryl/α,β-unsaturated/α-hetero) is 1. The van der Waals surface area contributed by atoms with Crippen molar-refractivity contribution in [2.24, 2.45) is 7.05 Å². The van der Waals surface area contributed by atoms with Gasteiger partial charge in [0.15, 0.2) is 0 Å². The van der Waals surface area contributed by atoms with Crippen LogP contribution in [0.25, 0.3) is 0 Å². The number of benzene rings is 1. The van der Waals surface area contributed by atoms with E-state index >= 15 is 0 Å². The van der Waals surface area contributed by atoms with Crippen LogP contribution in [0.3, 0.4) is 0 Å². The van der Waals surface area contributed by atoms with Gasteiger partial charge in [0.1, 0.15) is 10.9 Å². The fourth-order valence-corrected chi connectivity index (χ4v) is 2.96. The quantitative estimate of drug-likeness (QED) is 0.863. The lowest BCUT2D eigenvalue weighted by Gasteiger charge is -2.28. The zero-order chi connectivity index (χ0) is 13.6. The molecule has 1 heterocycles. The van der Waals surface area contributed by atoms with E-state index in [1.165, 1.54) is 11.1 Å². The normalized spacial score (nSPS) is 16.9. The average Bonchev–Trinajstić information content (AvgIpc) is 2.58. The molecular formula is C15H15ClN2O. The minimum Gasteiger partial charge on any atom is -0.299 e. The fourth-order valence-electron chi connectivity index (χ4n) is 2.72. The zero-order valence-corrected chi connectivity index (χ0v) is 11.7. The Morgan fingerprint density at radius 2 is 2.21 bits per heavy atom. The molecule has 0 saturated heterocycles. The van der Waals surface area contributed by atoms with Gasteiger partial charge in [-0.2, -0.15) is 5.10 Å². The van der Waals surface area contributed by atoms with Crippen molar-refractivity contribution in [1.82, 2.24) is 9.78 Å². The summed E-state index contributed by atoms with van der Waals surface area (Å²) in [7, 11) is 1.79. The van der Waals surface area contributed by atoms with Gasteiger partial charge in [-0.3, -0.25) is 9.48 Å². The van der Waals surface area contributed by atoms with E-state index in [4.69, 9.17) is 11.6 Å². The van der Waals surface area contributed by atoms with E-state index < -0.39 is 0 Å². The third-order valence-corrected chi connectivity index (χ3v) is 4.34. The van der Waals surface area contributed by atoms with Crippen LogP contribution < -0.4 is 0 Å². The summed E-state index contributed by atoms with van der Waals surface area (Å²) in [6.45, 7) is 1.89. The van der Waals surface area contributed by atoms with Crippen LogP contribution in [0, 0.1) is 6.92 Å². The van der Waals surface area contributed by atoms with Crippen molar-refractivity contribution in [2.75, 3.05) is 0 Å². The van der Waals surface area contributed by atoms with Gasteiger partial charge in [-0.05, 0) is 24.5 Å². The van der Waals surface area contributed by atoms with Crippen molar-refractivity contribution in [3.05, 3.63) is 51.8 Å². The molecule has 3 rings (SSSR count). The number of nitrogens with zero attached hydrogens (tertiary/aromatic N) is 2. The number of carbonyl (C=O) groups excluding carboxylic acids is 1. The molecule has 1 aromatic heterocycles. The maximum absolute atomic E-state index is 12.4. The van der Waals surface area contributed by atoms with Crippen LogP contribution in [0.1, 0.15) is 28.3 Å². The number of aromatic nitrogens is 2. The predicted octanol–water partition coefficient (Wildman–Crippen LogP) is 2.83. The number of hydrogen-bond donors (Lipinski definition) is 0. The number of halogens is 1. The maximum Gasteiger partial charge on any atom is 0.145 e. The summed E-state index contributed by atoms with van der Waals surface area (Å²) in [5.41, 5.74) is 4.16. The molecule has 1 aliphatic rings. The topological polar surface area (TPSA) is 34.9 Å². The summed E-state index contributed by atoms with van der Waals surface area (Å²) in [5.74, 6) is 0.267. The van der Waals surface area contributed by atoms with Crippen LogP contribution in [0.2, 0.25) is 5.15 Å². The van der Waals surface area contributed by atoms with Gasteiger partial charge in [-0.25, -0.2) is 0 Å². The molecule has 2 aromatic rings. The number of hydrogen-bond acceptors (Lipinski definition) is 2. The second kappa shape index (κ2) is 4.49. The van der Waals surface area contributed by atoms with Crippen molar-refractivity contribution in [3.8, 4) is 0 Å². The first-order valence-electron chi connectivity index (χ1n) is 6.36. The summed E-state index contributed by atoms with van der Waals surface area (Å²) < 4.78 is 1.62. The molecule has 1 atom stereocenters. The summed E-state index contributed by atoms with van der Waals surface area (Å²) in [5, 5.41) is 4.81. The molecule has 1 aromatic carbocycles. The Morgan fingerprint density at radius 1 is 1.47 bits per heavy atom. The van der Waals surface area contributed by atoms with Gasteiger partial charge < -0.3 is 0 Å². The Balaban J connectivity index is 1.81. The van der Waals surface area contributed by atoms with Crippen molar-refractivity contribution < 1.29 is 4.79 Å². The molecule has 98 valence electrons. The highest BCUT2D eigenvalue weighted by atomic mass is 35.5. The maximum atomic E-state index is 12.4. The second-order valence-corrected chi connectivity index (χ2v) is 5.44. The number of rotatable bonds is 3. The number of carbonyl (C=O) groups is 1. The van der Waals surface area contributed by atoms with Crippen LogP contribution in [-0.2, 0) is 24.7 Å². The minimum atomic E-state index is 0.0341. The molecule has 1 aliphatic carbocycles. The molecule has 0 saturated carbocycles. The van der Waals surface area contributed by atoms with E-state index in [0.717, 1.165) is 17.7 Å². The molecule has 3 nitrogen and oxygen atoms in total. The van der Waals surface area contributed by atoms with Gasteiger partial charge in [-0.1, -0.05) is 35.9 Å². The number of aryl methyl sites for hydroxylation is 2. The Morgan fingerprint density at radius 3 is 2.84 bits per heavy atom. The SMILES string of the molecule is Cc1nn(C)c(Cl)c1CC(=O)C1Cc2ccccc21. The van der Waals surface area contributed by atoms with Gasteiger partial charge in [-0.15, -0.1) is 0 Å². The molecule has 0 radical (unpaired) electrons. The standard InChI is InChI=1S/C15H15ClN2O/c1-9-12(15(16)18(2)17-9)8-14(19)13-7-10-5-3-4-6-11(10)13/h3-6,13H,7-8H2,1-2H3. The van der Waals surface area contributed by atoms with Crippen molar-refractivity contribution in [1.29, 1.82) is 0 Å². The third kappa shape index (κ3) is 1.98. The van der Waals surface area contributed by atoms with Crippen LogP contribution in [0.15, 0.2) is 24.3 Å². The van der Waals surface area contributed by atoms with Crippen LogP contribution in [0.5, 0.6) is 0 Å². The lowest BCUT2D eigenvalue weighted by Crippen LogP contribution is -2.26. The van der Waals surface area contributed by atoms with Crippen LogP contribution >= 0.6 is 11.6 Å². The Bertz CT molecular complexity index is 660. The highest BCUT2D eigenvalue weighted by Gasteiger charge is 2.32. The molecule has 19 heavy (non-hydrogen) atoms. The molecule has 0 N–H and O–H groups in total. The van der Waals surface area contributed by atoms with E-state index in [2.05, 4.69) is 11.2 Å². The van der Waals surface area contributed by atoms with Crippen LogP contribution in [0.4, 0.5) is 0 Å².